The average Bonchev–Trinajstić information content (AvgIpc) is 3.17. The summed E-state index contributed by atoms with van der Waals surface area (Å²) in [7, 11) is 1.43. The van der Waals surface area contributed by atoms with Crippen LogP contribution in [-0.2, 0) is 4.74 Å². The lowest BCUT2D eigenvalue weighted by molar-refractivity contribution is 0.0543. The number of rotatable bonds is 4. The summed E-state index contributed by atoms with van der Waals surface area (Å²) in [6.07, 6.45) is 5.53. The molecule has 8 heteroatoms. The maximum Gasteiger partial charge on any atom is 0.420 e. The number of ether oxygens (including phenoxy) is 2. The highest BCUT2D eigenvalue weighted by molar-refractivity contribution is 6.17. The largest absolute Gasteiger partial charge is 0.497 e. The minimum atomic E-state index is -0.758. The molecule has 0 fully saturated rings. The van der Waals surface area contributed by atoms with Crippen LogP contribution < -0.4 is 4.74 Å². The minimum absolute atomic E-state index is 0.112. The summed E-state index contributed by atoms with van der Waals surface area (Å²) in [5.74, 6) is -0.969. The summed E-state index contributed by atoms with van der Waals surface area (Å²) in [5, 5.41) is 0.384. The lowest BCUT2D eigenvalue weighted by atomic mass is 10.0. The monoisotopic (exact) mass is 447 g/mol. The molecule has 4 rings (SSSR count). The highest BCUT2D eigenvalue weighted by atomic mass is 19.1. The zero-order valence-corrected chi connectivity index (χ0v) is 18.6. The third kappa shape index (κ3) is 4.45. The Balaban J connectivity index is 1.92. The van der Waals surface area contributed by atoms with E-state index in [-0.39, 0.29) is 16.8 Å². The molecule has 0 bridgehead atoms. The number of ketones is 1. The summed E-state index contributed by atoms with van der Waals surface area (Å²) < 4.78 is 26.4. The van der Waals surface area contributed by atoms with E-state index >= 15 is 0 Å². The highest BCUT2D eigenvalue weighted by Crippen LogP contribution is 2.29. The minimum Gasteiger partial charge on any atom is -0.497 e. The molecule has 0 saturated heterocycles. The van der Waals surface area contributed by atoms with Crippen molar-refractivity contribution in [2.45, 2.75) is 26.4 Å². The van der Waals surface area contributed by atoms with E-state index in [0.717, 1.165) is 5.56 Å². The maximum atomic E-state index is 14.6. The molecule has 4 aromatic rings. The van der Waals surface area contributed by atoms with Crippen molar-refractivity contribution in [1.29, 1.82) is 0 Å². The number of halogens is 1. The standard InChI is InChI=1S/C25H22FN3O4/c1-25(2,3)33-24(31)29-14-20(22(30)19-11-17(32-4)7-8-21(19)26)18-10-16(13-28-23(18)29)15-6-5-9-27-12-15/h5-14H,1-4H3. The first-order chi connectivity index (χ1) is 15.7. The number of fused-ring (bicyclic) bond motifs is 1. The second kappa shape index (κ2) is 8.46. The number of pyridine rings is 2. The molecule has 0 aliphatic heterocycles. The molecular formula is C25H22FN3O4. The van der Waals surface area contributed by atoms with Gasteiger partial charge in [-0.25, -0.2) is 18.7 Å². The second-order valence-electron chi connectivity index (χ2n) is 8.40. The van der Waals surface area contributed by atoms with E-state index < -0.39 is 23.3 Å². The number of aromatic nitrogens is 3. The number of hydrogen-bond acceptors (Lipinski definition) is 6. The zero-order chi connectivity index (χ0) is 23.8. The molecule has 0 aliphatic carbocycles. The van der Waals surface area contributed by atoms with Crippen molar-refractivity contribution in [3.8, 4) is 16.9 Å². The SMILES string of the molecule is COc1ccc(F)c(C(=O)c2cn(C(=O)OC(C)(C)C)c3ncc(-c4cccnc4)cc23)c1. The summed E-state index contributed by atoms with van der Waals surface area (Å²) >= 11 is 0. The fourth-order valence-corrected chi connectivity index (χ4v) is 3.38. The van der Waals surface area contributed by atoms with Crippen molar-refractivity contribution >= 4 is 22.9 Å². The highest BCUT2D eigenvalue weighted by Gasteiger charge is 2.26. The van der Waals surface area contributed by atoms with Crippen LogP contribution in [0.1, 0.15) is 36.7 Å². The molecule has 0 amide bonds. The van der Waals surface area contributed by atoms with Crippen molar-refractivity contribution < 1.29 is 23.5 Å². The van der Waals surface area contributed by atoms with Crippen LogP contribution in [0.25, 0.3) is 22.2 Å². The van der Waals surface area contributed by atoms with Gasteiger partial charge in [0.1, 0.15) is 22.8 Å². The fourth-order valence-electron chi connectivity index (χ4n) is 3.38. The molecule has 0 N–H and O–H groups in total. The van der Waals surface area contributed by atoms with Crippen LogP contribution in [0.15, 0.2) is 61.2 Å². The number of methoxy groups -OCH3 is 1. The van der Waals surface area contributed by atoms with Crippen LogP contribution in [0.4, 0.5) is 9.18 Å². The summed E-state index contributed by atoms with van der Waals surface area (Å²) in [4.78, 5) is 34.8. The van der Waals surface area contributed by atoms with Crippen LogP contribution >= 0.6 is 0 Å². The molecule has 168 valence electrons. The van der Waals surface area contributed by atoms with E-state index in [2.05, 4.69) is 9.97 Å². The van der Waals surface area contributed by atoms with Gasteiger partial charge in [-0.15, -0.1) is 0 Å². The fraction of sp³-hybridized carbons (Fsp3) is 0.200. The van der Waals surface area contributed by atoms with Gasteiger partial charge >= 0.3 is 6.09 Å². The third-order valence-corrected chi connectivity index (χ3v) is 4.89. The van der Waals surface area contributed by atoms with Gasteiger partial charge in [0.05, 0.1) is 18.2 Å². The van der Waals surface area contributed by atoms with Gasteiger partial charge in [0.2, 0.25) is 0 Å². The zero-order valence-electron chi connectivity index (χ0n) is 18.6. The predicted octanol–water partition coefficient (Wildman–Crippen LogP) is 5.26. The molecule has 33 heavy (non-hydrogen) atoms. The van der Waals surface area contributed by atoms with Crippen LogP contribution in [0, 0.1) is 5.82 Å². The van der Waals surface area contributed by atoms with Gasteiger partial charge < -0.3 is 9.47 Å². The molecule has 3 aromatic heterocycles. The molecule has 1 aromatic carbocycles. The molecule has 0 aliphatic rings. The van der Waals surface area contributed by atoms with E-state index in [9.17, 15) is 14.0 Å². The van der Waals surface area contributed by atoms with Crippen LogP contribution in [0.3, 0.4) is 0 Å². The van der Waals surface area contributed by atoms with Crippen LogP contribution in [0.2, 0.25) is 0 Å². The number of nitrogens with zero attached hydrogens (tertiary/aromatic N) is 3. The van der Waals surface area contributed by atoms with Crippen molar-refractivity contribution in [3.05, 3.63) is 78.1 Å². The first-order valence-corrected chi connectivity index (χ1v) is 10.2. The lowest BCUT2D eigenvalue weighted by Crippen LogP contribution is -2.27. The van der Waals surface area contributed by atoms with Gasteiger partial charge in [0, 0.05) is 41.3 Å². The first-order valence-electron chi connectivity index (χ1n) is 10.2. The Hall–Kier alpha value is -4.07. The van der Waals surface area contributed by atoms with Crippen molar-refractivity contribution in [2.75, 3.05) is 7.11 Å². The van der Waals surface area contributed by atoms with Gasteiger partial charge in [0.15, 0.2) is 5.78 Å². The van der Waals surface area contributed by atoms with E-state index in [1.165, 1.54) is 36.1 Å². The van der Waals surface area contributed by atoms with Gasteiger partial charge in [-0.3, -0.25) is 9.78 Å². The molecule has 0 saturated carbocycles. The summed E-state index contributed by atoms with van der Waals surface area (Å²) in [6.45, 7) is 5.21. The number of carbonyl (C=O) groups is 2. The maximum absolute atomic E-state index is 14.6. The smallest absolute Gasteiger partial charge is 0.420 e. The molecule has 7 nitrogen and oxygen atoms in total. The molecular weight excluding hydrogens is 425 g/mol. The van der Waals surface area contributed by atoms with E-state index in [1.54, 1.807) is 51.5 Å². The second-order valence-corrected chi connectivity index (χ2v) is 8.40. The van der Waals surface area contributed by atoms with Gasteiger partial charge in [-0.2, -0.15) is 0 Å². The topological polar surface area (TPSA) is 83.3 Å². The average molecular weight is 447 g/mol. The van der Waals surface area contributed by atoms with Gasteiger partial charge in [-0.1, -0.05) is 6.07 Å². The van der Waals surface area contributed by atoms with Gasteiger partial charge in [0.25, 0.3) is 0 Å². The third-order valence-electron chi connectivity index (χ3n) is 4.89. The summed E-state index contributed by atoms with van der Waals surface area (Å²) in [6, 6.07) is 9.28. The molecule has 0 atom stereocenters. The Kier molecular flexibility index (Phi) is 5.68. The van der Waals surface area contributed by atoms with Crippen molar-refractivity contribution in [3.63, 3.8) is 0 Å². The number of benzene rings is 1. The number of carbonyl (C=O) groups excluding carboxylic acids is 2. The first kappa shape index (κ1) is 22.1. The quantitative estimate of drug-likeness (QED) is 0.397. The number of hydrogen-bond donors (Lipinski definition) is 0. The van der Waals surface area contributed by atoms with E-state index in [0.29, 0.717) is 16.7 Å². The van der Waals surface area contributed by atoms with Gasteiger partial charge in [-0.05, 0) is 51.1 Å². The molecule has 3 heterocycles. The Morgan fingerprint density at radius 1 is 1.03 bits per heavy atom. The molecule has 0 radical (unpaired) electrons. The summed E-state index contributed by atoms with van der Waals surface area (Å²) in [5.41, 5.74) is 0.876. The Bertz CT molecular complexity index is 1360. The lowest BCUT2D eigenvalue weighted by Gasteiger charge is -2.19. The van der Waals surface area contributed by atoms with Crippen molar-refractivity contribution in [2.24, 2.45) is 0 Å². The van der Waals surface area contributed by atoms with Crippen molar-refractivity contribution in [1.82, 2.24) is 14.5 Å². The normalized spacial score (nSPS) is 11.4. The molecule has 0 unspecified atom stereocenters. The van der Waals surface area contributed by atoms with Crippen LogP contribution in [-0.4, -0.2) is 39.1 Å². The predicted molar refractivity (Wildman–Crippen MR) is 121 cm³/mol. The van der Waals surface area contributed by atoms with E-state index in [1.807, 2.05) is 6.07 Å². The Morgan fingerprint density at radius 3 is 2.48 bits per heavy atom. The Labute approximate surface area is 189 Å². The van der Waals surface area contributed by atoms with Crippen LogP contribution in [0.5, 0.6) is 5.75 Å². The van der Waals surface area contributed by atoms with E-state index in [4.69, 9.17) is 9.47 Å². The molecule has 0 spiro atoms. The Morgan fingerprint density at radius 2 is 1.82 bits per heavy atom.